The highest BCUT2D eigenvalue weighted by atomic mass is 35.5. The van der Waals surface area contributed by atoms with Crippen LogP contribution in [0.3, 0.4) is 0 Å². The van der Waals surface area contributed by atoms with E-state index in [-0.39, 0.29) is 17.9 Å². The van der Waals surface area contributed by atoms with E-state index in [4.69, 9.17) is 11.6 Å². The topological polar surface area (TPSA) is 103 Å². The number of hydrazine groups is 1. The Labute approximate surface area is 209 Å². The monoisotopic (exact) mass is 499 g/mol. The molecule has 1 aromatic carbocycles. The fourth-order valence-corrected chi connectivity index (χ4v) is 5.42. The number of rotatable bonds is 5. The van der Waals surface area contributed by atoms with Crippen LogP contribution in [0.5, 0.6) is 0 Å². The van der Waals surface area contributed by atoms with Crippen molar-refractivity contribution in [3.63, 3.8) is 0 Å². The van der Waals surface area contributed by atoms with Gasteiger partial charge >= 0.3 is 12.1 Å². The van der Waals surface area contributed by atoms with Crippen LogP contribution in [0.15, 0.2) is 30.5 Å². The summed E-state index contributed by atoms with van der Waals surface area (Å²) in [5.74, 6) is 0.753. The molecular weight excluding hydrogens is 470 g/mol. The van der Waals surface area contributed by atoms with E-state index in [0.717, 1.165) is 31.4 Å². The fraction of sp³-hybridized carbons (Fsp3) is 0.500. The number of nitrogens with one attached hydrogen (secondary N) is 2. The van der Waals surface area contributed by atoms with Gasteiger partial charge in [-0.05, 0) is 49.9 Å². The maximum atomic E-state index is 13.5. The van der Waals surface area contributed by atoms with Crippen molar-refractivity contribution in [2.75, 3.05) is 31.5 Å². The van der Waals surface area contributed by atoms with Crippen molar-refractivity contribution < 1.29 is 14.4 Å². The molecule has 0 bridgehead atoms. The summed E-state index contributed by atoms with van der Waals surface area (Å²) >= 11 is 5.92. The van der Waals surface area contributed by atoms with E-state index in [2.05, 4.69) is 15.6 Å². The van der Waals surface area contributed by atoms with Gasteiger partial charge < -0.3 is 15.5 Å². The van der Waals surface area contributed by atoms with Gasteiger partial charge in [0.1, 0.15) is 11.9 Å². The zero-order valence-corrected chi connectivity index (χ0v) is 20.5. The van der Waals surface area contributed by atoms with E-state index < -0.39 is 12.1 Å². The molecule has 1 atom stereocenters. The Morgan fingerprint density at radius 3 is 2.43 bits per heavy atom. The number of hydrogen-bond donors (Lipinski definition) is 2. The summed E-state index contributed by atoms with van der Waals surface area (Å²) < 4.78 is 1.64. The summed E-state index contributed by atoms with van der Waals surface area (Å²) in [7, 11) is 0. The Hall–Kier alpha value is -3.11. The average Bonchev–Trinajstić information content (AvgIpc) is 3.59. The molecule has 186 valence electrons. The van der Waals surface area contributed by atoms with Crippen LogP contribution in [0.4, 0.5) is 15.3 Å². The van der Waals surface area contributed by atoms with Crippen molar-refractivity contribution in [3.8, 4) is 0 Å². The molecule has 1 aromatic heterocycles. The maximum absolute atomic E-state index is 13.5. The van der Waals surface area contributed by atoms with E-state index >= 15 is 0 Å². The van der Waals surface area contributed by atoms with Gasteiger partial charge in [0.25, 0.3) is 0 Å². The Kier molecular flexibility index (Phi) is 6.66. The van der Waals surface area contributed by atoms with Gasteiger partial charge in [0.2, 0.25) is 5.91 Å². The standard InChI is InChI=1S/C24H30ClN7O3/c1-16-26-14-20-15-31(24(35)32(16)20)30-12-10-29(11-13-30)22(33)21(17-4-2-3-5-17)28-23(34)27-19-8-6-18(25)7-9-19/h6-9,14,17,21H,2-5,10-13,15H2,1H3,(H2,27,28,34). The Morgan fingerprint density at radius 2 is 1.77 bits per heavy atom. The lowest BCUT2D eigenvalue weighted by Crippen LogP contribution is -2.59. The molecule has 1 unspecified atom stereocenters. The second-order valence-corrected chi connectivity index (χ2v) is 9.82. The van der Waals surface area contributed by atoms with Gasteiger partial charge in [-0.2, -0.15) is 0 Å². The van der Waals surface area contributed by atoms with Gasteiger partial charge in [-0.1, -0.05) is 24.4 Å². The van der Waals surface area contributed by atoms with Gasteiger partial charge in [-0.15, -0.1) is 0 Å². The highest BCUT2D eigenvalue weighted by molar-refractivity contribution is 6.30. The molecule has 10 nitrogen and oxygen atoms in total. The van der Waals surface area contributed by atoms with Crippen molar-refractivity contribution in [2.24, 2.45) is 5.92 Å². The number of nitrogens with zero attached hydrogens (tertiary/aromatic N) is 5. The molecule has 5 rings (SSSR count). The highest BCUT2D eigenvalue weighted by Crippen LogP contribution is 2.29. The molecule has 35 heavy (non-hydrogen) atoms. The van der Waals surface area contributed by atoms with Gasteiger partial charge in [-0.25, -0.2) is 24.1 Å². The number of piperazine rings is 1. The van der Waals surface area contributed by atoms with Gasteiger partial charge in [-0.3, -0.25) is 9.80 Å². The van der Waals surface area contributed by atoms with Gasteiger partial charge in [0.15, 0.2) is 0 Å². The molecule has 2 aliphatic heterocycles. The Bertz CT molecular complexity index is 1100. The van der Waals surface area contributed by atoms with Crippen molar-refractivity contribution in [1.82, 2.24) is 29.8 Å². The number of aryl methyl sites for hydroxylation is 1. The molecule has 0 radical (unpaired) electrons. The summed E-state index contributed by atoms with van der Waals surface area (Å²) in [6, 6.07) is 5.79. The number of carbonyl (C=O) groups excluding carboxylic acids is 3. The Morgan fingerprint density at radius 1 is 1.09 bits per heavy atom. The minimum absolute atomic E-state index is 0.0538. The van der Waals surface area contributed by atoms with E-state index in [1.807, 2.05) is 16.8 Å². The van der Waals surface area contributed by atoms with Gasteiger partial charge in [0.05, 0.1) is 18.4 Å². The van der Waals surface area contributed by atoms with Crippen LogP contribution >= 0.6 is 11.6 Å². The third-order valence-corrected chi connectivity index (χ3v) is 7.42. The van der Waals surface area contributed by atoms with Crippen molar-refractivity contribution in [3.05, 3.63) is 47.0 Å². The van der Waals surface area contributed by atoms with Crippen molar-refractivity contribution >= 4 is 35.3 Å². The predicted molar refractivity (Wildman–Crippen MR) is 131 cm³/mol. The van der Waals surface area contributed by atoms with Crippen LogP contribution < -0.4 is 10.6 Å². The second-order valence-electron chi connectivity index (χ2n) is 9.38. The first-order valence-electron chi connectivity index (χ1n) is 12.1. The smallest absolute Gasteiger partial charge is 0.338 e. The van der Waals surface area contributed by atoms with Gasteiger partial charge in [0, 0.05) is 36.9 Å². The molecule has 3 aliphatic rings. The number of halogens is 1. The second kappa shape index (κ2) is 9.87. The zero-order valence-electron chi connectivity index (χ0n) is 19.7. The third kappa shape index (κ3) is 4.85. The number of aromatic nitrogens is 2. The van der Waals surface area contributed by atoms with Crippen molar-refractivity contribution in [1.29, 1.82) is 0 Å². The Balaban J connectivity index is 1.20. The lowest BCUT2D eigenvalue weighted by molar-refractivity contribution is -0.138. The molecule has 1 aliphatic carbocycles. The van der Waals surface area contributed by atoms with E-state index in [1.165, 1.54) is 0 Å². The van der Waals surface area contributed by atoms with Crippen LogP contribution in [0.2, 0.25) is 5.02 Å². The van der Waals surface area contributed by atoms with Crippen LogP contribution in [-0.4, -0.2) is 74.7 Å². The van der Waals surface area contributed by atoms with Crippen LogP contribution in [-0.2, 0) is 11.3 Å². The number of carbonyl (C=O) groups is 3. The molecule has 4 amide bonds. The first kappa shape index (κ1) is 23.6. The molecule has 1 saturated heterocycles. The fourth-order valence-electron chi connectivity index (χ4n) is 5.29. The first-order valence-corrected chi connectivity index (χ1v) is 12.5. The number of anilines is 1. The van der Waals surface area contributed by atoms with Crippen LogP contribution in [0.25, 0.3) is 0 Å². The lowest BCUT2D eigenvalue weighted by Gasteiger charge is -2.40. The third-order valence-electron chi connectivity index (χ3n) is 7.17. The number of hydrogen-bond acceptors (Lipinski definition) is 5. The summed E-state index contributed by atoms with van der Waals surface area (Å²) in [5, 5.41) is 10.1. The number of urea groups is 1. The first-order chi connectivity index (χ1) is 16.9. The summed E-state index contributed by atoms with van der Waals surface area (Å²) in [6.07, 6.45) is 5.71. The minimum atomic E-state index is -0.570. The molecular formula is C24H30ClN7O3. The maximum Gasteiger partial charge on any atom is 0.344 e. The van der Waals surface area contributed by atoms with E-state index in [1.54, 1.807) is 40.0 Å². The van der Waals surface area contributed by atoms with Crippen molar-refractivity contribution in [2.45, 2.75) is 45.2 Å². The summed E-state index contributed by atoms with van der Waals surface area (Å²) in [4.78, 5) is 45.1. The molecule has 0 spiro atoms. The van der Waals surface area contributed by atoms with Crippen LogP contribution in [0.1, 0.15) is 37.2 Å². The number of imidazole rings is 1. The number of fused-ring (bicyclic) bond motifs is 1. The number of amides is 4. The molecule has 2 fully saturated rings. The molecule has 1 saturated carbocycles. The predicted octanol–water partition coefficient (Wildman–Crippen LogP) is 3.07. The highest BCUT2D eigenvalue weighted by Gasteiger charge is 2.38. The lowest BCUT2D eigenvalue weighted by atomic mass is 9.96. The molecule has 11 heteroatoms. The normalized spacial score (nSPS) is 19.7. The van der Waals surface area contributed by atoms with E-state index in [9.17, 15) is 14.4 Å². The summed E-state index contributed by atoms with van der Waals surface area (Å²) in [6.45, 7) is 4.43. The molecule has 3 heterocycles. The van der Waals surface area contributed by atoms with Crippen LogP contribution in [0, 0.1) is 12.8 Å². The van der Waals surface area contributed by atoms with E-state index in [0.29, 0.717) is 49.3 Å². The minimum Gasteiger partial charge on any atom is -0.338 e. The quantitative estimate of drug-likeness (QED) is 0.658. The molecule has 2 N–H and O–H groups in total. The number of benzene rings is 1. The molecule has 2 aromatic rings. The average molecular weight is 500 g/mol. The largest absolute Gasteiger partial charge is 0.344 e. The zero-order chi connectivity index (χ0) is 24.5. The summed E-state index contributed by atoms with van der Waals surface area (Å²) in [5.41, 5.74) is 1.49. The SMILES string of the molecule is Cc1ncc2n1C(=O)N(N1CCN(C(=O)C(NC(=O)Nc3ccc(Cl)cc3)C3CCCC3)CC1)C2.